The minimum Gasteiger partial charge on any atom is -0.472 e. The third-order valence-electron chi connectivity index (χ3n) is 7.38. The van der Waals surface area contributed by atoms with Crippen molar-refractivity contribution in [3.05, 3.63) is 73.2 Å². The van der Waals surface area contributed by atoms with Crippen LogP contribution in [0.4, 0.5) is 0 Å². The van der Waals surface area contributed by atoms with E-state index in [0.717, 1.165) is 68.9 Å². The predicted molar refractivity (Wildman–Crippen MR) is 144 cm³/mol. The van der Waals surface area contributed by atoms with Crippen molar-refractivity contribution in [2.24, 2.45) is 5.92 Å². The van der Waals surface area contributed by atoms with Crippen molar-refractivity contribution >= 4 is 21.9 Å². The highest BCUT2D eigenvalue weighted by Crippen LogP contribution is 2.33. The summed E-state index contributed by atoms with van der Waals surface area (Å²) in [5, 5.41) is 12.4. The Bertz CT molecular complexity index is 1680. The first-order valence-corrected chi connectivity index (χ1v) is 12.8. The van der Waals surface area contributed by atoms with Gasteiger partial charge < -0.3 is 14.7 Å². The number of furan rings is 1. The summed E-state index contributed by atoms with van der Waals surface area (Å²) in [6, 6.07) is 10.5. The summed E-state index contributed by atoms with van der Waals surface area (Å²) < 4.78 is 5.27. The van der Waals surface area contributed by atoms with Gasteiger partial charge in [-0.15, -0.1) is 0 Å². The molecule has 0 atom stereocenters. The van der Waals surface area contributed by atoms with Gasteiger partial charge in [0.25, 0.3) is 0 Å². The molecule has 6 aromatic rings. The Hall–Kier alpha value is -4.30. The van der Waals surface area contributed by atoms with E-state index in [2.05, 4.69) is 54.7 Å². The van der Waals surface area contributed by atoms with E-state index in [9.17, 15) is 0 Å². The number of rotatable bonds is 7. The molecule has 0 amide bonds. The molecule has 8 nitrogen and oxygen atoms in total. The summed E-state index contributed by atoms with van der Waals surface area (Å²) in [5.74, 6) is 1.52. The molecule has 0 unspecified atom stereocenters. The van der Waals surface area contributed by atoms with Gasteiger partial charge in [0.1, 0.15) is 11.2 Å². The van der Waals surface area contributed by atoms with Crippen LogP contribution in [-0.2, 0) is 6.54 Å². The lowest BCUT2D eigenvalue weighted by Crippen LogP contribution is -2.20. The zero-order chi connectivity index (χ0) is 24.6. The fourth-order valence-corrected chi connectivity index (χ4v) is 5.43. The molecule has 1 aromatic carbocycles. The number of imidazole rings is 1. The van der Waals surface area contributed by atoms with Crippen LogP contribution in [-0.4, -0.2) is 36.7 Å². The van der Waals surface area contributed by atoms with Crippen molar-refractivity contribution in [3.63, 3.8) is 0 Å². The standard InChI is InChI=1S/C29H27N7O/c1-2-4-18(3-1)11-30-12-19-9-22(14-31-13-19)20-5-6-25-23(10-20)28(36-35-25)29-33-26-16-32-15-24(27(26)34-29)21-7-8-37-17-21/h5-10,13-18,30H,1-4,11-12H2,(H,33,34)(H,35,36). The molecular formula is C29H27N7O. The van der Waals surface area contributed by atoms with Crippen LogP contribution in [0.25, 0.3) is 55.7 Å². The summed E-state index contributed by atoms with van der Waals surface area (Å²) in [5.41, 5.74) is 8.64. The SMILES string of the molecule is c1cc(-c2cncc3[nH]c(-c4n[nH]c5ccc(-c6cncc(CNCC7CCCC7)c6)cc45)nc23)co1. The third kappa shape index (κ3) is 4.19. The van der Waals surface area contributed by atoms with E-state index in [-0.39, 0.29) is 0 Å². The van der Waals surface area contributed by atoms with Gasteiger partial charge in [0.15, 0.2) is 5.82 Å². The fraction of sp³-hybridized carbons (Fsp3) is 0.241. The van der Waals surface area contributed by atoms with Gasteiger partial charge in [-0.2, -0.15) is 5.10 Å². The molecule has 8 heteroatoms. The number of hydrogen-bond acceptors (Lipinski definition) is 6. The smallest absolute Gasteiger partial charge is 0.159 e. The summed E-state index contributed by atoms with van der Waals surface area (Å²) in [4.78, 5) is 17.2. The average Bonchev–Trinajstić information content (AvgIpc) is 3.74. The maximum Gasteiger partial charge on any atom is 0.159 e. The van der Waals surface area contributed by atoms with Gasteiger partial charge in [-0.25, -0.2) is 4.98 Å². The van der Waals surface area contributed by atoms with Crippen molar-refractivity contribution in [2.75, 3.05) is 6.54 Å². The molecule has 0 bridgehead atoms. The summed E-state index contributed by atoms with van der Waals surface area (Å²) in [6.07, 6.45) is 16.3. The van der Waals surface area contributed by atoms with E-state index in [1.165, 1.54) is 31.2 Å². The van der Waals surface area contributed by atoms with Gasteiger partial charge >= 0.3 is 0 Å². The number of hydrogen-bond donors (Lipinski definition) is 3. The zero-order valence-corrected chi connectivity index (χ0v) is 20.4. The van der Waals surface area contributed by atoms with E-state index >= 15 is 0 Å². The molecule has 1 saturated carbocycles. The Balaban J connectivity index is 1.20. The normalized spacial score (nSPS) is 14.3. The monoisotopic (exact) mass is 489 g/mol. The first-order chi connectivity index (χ1) is 18.3. The largest absolute Gasteiger partial charge is 0.472 e. The van der Waals surface area contributed by atoms with Crippen LogP contribution in [0.2, 0.25) is 0 Å². The van der Waals surface area contributed by atoms with Crippen molar-refractivity contribution in [1.29, 1.82) is 0 Å². The second kappa shape index (κ2) is 9.29. The highest BCUT2D eigenvalue weighted by atomic mass is 16.3. The Kier molecular flexibility index (Phi) is 5.51. The first kappa shape index (κ1) is 21.9. The van der Waals surface area contributed by atoms with Crippen molar-refractivity contribution in [2.45, 2.75) is 32.2 Å². The molecule has 1 aliphatic rings. The molecule has 0 spiro atoms. The lowest BCUT2D eigenvalue weighted by molar-refractivity contribution is 0.489. The Labute approximate surface area is 213 Å². The number of aromatic amines is 2. The number of pyridine rings is 2. The van der Waals surface area contributed by atoms with Gasteiger partial charge in [-0.3, -0.25) is 15.1 Å². The summed E-state index contributed by atoms with van der Waals surface area (Å²) >= 11 is 0. The topological polar surface area (TPSA) is 108 Å². The maximum atomic E-state index is 5.27. The number of H-pyrrole nitrogens is 2. The molecule has 7 rings (SSSR count). The van der Waals surface area contributed by atoms with E-state index in [0.29, 0.717) is 5.82 Å². The van der Waals surface area contributed by atoms with E-state index < -0.39 is 0 Å². The molecule has 37 heavy (non-hydrogen) atoms. The van der Waals surface area contributed by atoms with E-state index in [4.69, 9.17) is 9.40 Å². The van der Waals surface area contributed by atoms with Crippen LogP contribution in [0.15, 0.2) is 72.1 Å². The second-order valence-corrected chi connectivity index (χ2v) is 9.88. The van der Waals surface area contributed by atoms with Gasteiger partial charge in [-0.1, -0.05) is 18.9 Å². The maximum absolute atomic E-state index is 5.27. The Morgan fingerprint density at radius 3 is 2.73 bits per heavy atom. The number of fused-ring (bicyclic) bond motifs is 2. The van der Waals surface area contributed by atoms with Crippen LogP contribution >= 0.6 is 0 Å². The van der Waals surface area contributed by atoms with Crippen molar-refractivity contribution < 1.29 is 4.42 Å². The Morgan fingerprint density at radius 1 is 0.919 bits per heavy atom. The quantitative estimate of drug-likeness (QED) is 0.250. The molecule has 0 aliphatic heterocycles. The third-order valence-corrected chi connectivity index (χ3v) is 7.38. The molecule has 184 valence electrons. The van der Waals surface area contributed by atoms with Crippen LogP contribution in [0.1, 0.15) is 31.2 Å². The molecular weight excluding hydrogens is 462 g/mol. The number of nitrogens with zero attached hydrogens (tertiary/aromatic N) is 4. The summed E-state index contributed by atoms with van der Waals surface area (Å²) in [6.45, 7) is 1.92. The lowest BCUT2D eigenvalue weighted by atomic mass is 10.0. The van der Waals surface area contributed by atoms with Crippen molar-refractivity contribution in [1.82, 2.24) is 35.5 Å². The molecule has 0 radical (unpaired) electrons. The Morgan fingerprint density at radius 2 is 1.84 bits per heavy atom. The zero-order valence-electron chi connectivity index (χ0n) is 20.4. The molecule has 0 saturated heterocycles. The highest BCUT2D eigenvalue weighted by Gasteiger charge is 2.17. The minimum absolute atomic E-state index is 0.694. The fourth-order valence-electron chi connectivity index (χ4n) is 5.43. The average molecular weight is 490 g/mol. The second-order valence-electron chi connectivity index (χ2n) is 9.88. The van der Waals surface area contributed by atoms with Gasteiger partial charge in [0.2, 0.25) is 0 Å². The molecule has 1 aliphatic carbocycles. The number of nitrogens with one attached hydrogen (secondary N) is 3. The lowest BCUT2D eigenvalue weighted by Gasteiger charge is -2.11. The van der Waals surface area contributed by atoms with Gasteiger partial charge in [0, 0.05) is 47.2 Å². The molecule has 3 N–H and O–H groups in total. The number of aromatic nitrogens is 6. The van der Waals surface area contributed by atoms with Crippen LogP contribution < -0.4 is 5.32 Å². The molecule has 1 fully saturated rings. The summed E-state index contributed by atoms with van der Waals surface area (Å²) in [7, 11) is 0. The minimum atomic E-state index is 0.694. The molecule has 5 aromatic heterocycles. The number of benzene rings is 1. The van der Waals surface area contributed by atoms with E-state index in [1.54, 1.807) is 24.9 Å². The van der Waals surface area contributed by atoms with Crippen LogP contribution in [0, 0.1) is 5.92 Å². The predicted octanol–water partition coefficient (Wildman–Crippen LogP) is 6.10. The molecule has 5 heterocycles. The van der Waals surface area contributed by atoms with Gasteiger partial charge in [0.05, 0.1) is 29.8 Å². The van der Waals surface area contributed by atoms with Gasteiger partial charge in [-0.05, 0) is 60.7 Å². The van der Waals surface area contributed by atoms with Crippen LogP contribution in [0.3, 0.4) is 0 Å². The van der Waals surface area contributed by atoms with Crippen LogP contribution in [0.5, 0.6) is 0 Å². The van der Waals surface area contributed by atoms with Crippen molar-refractivity contribution in [3.8, 4) is 33.8 Å². The highest BCUT2D eigenvalue weighted by molar-refractivity contribution is 5.97. The first-order valence-electron chi connectivity index (χ1n) is 12.8. The van der Waals surface area contributed by atoms with E-state index in [1.807, 2.05) is 18.5 Å².